The summed E-state index contributed by atoms with van der Waals surface area (Å²) in [5, 5.41) is 3.88. The maximum Gasteiger partial charge on any atom is 0.219 e. The molecule has 3 rings (SSSR count). The van der Waals surface area contributed by atoms with Crippen LogP contribution < -0.4 is 10.1 Å². The van der Waals surface area contributed by atoms with E-state index in [1.54, 1.807) is 0 Å². The van der Waals surface area contributed by atoms with Crippen molar-refractivity contribution >= 4 is 16.8 Å². The maximum absolute atomic E-state index is 10.9. The molecule has 1 aromatic heterocycles. The molecule has 0 saturated carbocycles. The first-order valence-electron chi connectivity index (χ1n) is 7.89. The third-order valence-electron chi connectivity index (χ3n) is 3.70. The number of hydrogen-bond acceptors (Lipinski definition) is 3. The molecule has 0 fully saturated rings. The topological polar surface area (TPSA) is 51.2 Å². The minimum atomic E-state index is 0.000290. The Morgan fingerprint density at radius 1 is 1.26 bits per heavy atom. The highest BCUT2D eigenvalue weighted by atomic mass is 16.5. The summed E-state index contributed by atoms with van der Waals surface area (Å²) in [5.74, 6) is 1.47. The van der Waals surface area contributed by atoms with Crippen molar-refractivity contribution < 1.29 is 9.53 Å². The van der Waals surface area contributed by atoms with Gasteiger partial charge in [0.2, 0.25) is 11.8 Å². The minimum absolute atomic E-state index is 0.000290. The number of rotatable bonds is 5. The molecule has 0 bridgehead atoms. The van der Waals surface area contributed by atoms with Gasteiger partial charge in [0.05, 0.1) is 5.52 Å². The maximum atomic E-state index is 10.9. The van der Waals surface area contributed by atoms with Crippen molar-refractivity contribution in [3.05, 3.63) is 59.9 Å². The molecule has 0 radical (unpaired) electrons. The van der Waals surface area contributed by atoms with Crippen LogP contribution in [0.3, 0.4) is 0 Å². The van der Waals surface area contributed by atoms with Gasteiger partial charge in [-0.2, -0.15) is 0 Å². The molecule has 118 valence electrons. The first kappa shape index (κ1) is 15.3. The molecule has 2 aromatic rings. The third kappa shape index (κ3) is 4.19. The van der Waals surface area contributed by atoms with Crippen LogP contribution in [0.5, 0.6) is 5.88 Å². The number of pyridine rings is 1. The predicted octanol–water partition coefficient (Wildman–Crippen LogP) is 3.53. The quantitative estimate of drug-likeness (QED) is 0.919. The van der Waals surface area contributed by atoms with Crippen LogP contribution in [0, 0.1) is 0 Å². The van der Waals surface area contributed by atoms with E-state index in [-0.39, 0.29) is 5.91 Å². The molecule has 1 aliphatic rings. The van der Waals surface area contributed by atoms with Gasteiger partial charge in [0.25, 0.3) is 0 Å². The second-order valence-electron chi connectivity index (χ2n) is 5.60. The second-order valence-corrected chi connectivity index (χ2v) is 5.60. The van der Waals surface area contributed by atoms with E-state index in [0.717, 1.165) is 35.9 Å². The number of benzene rings is 1. The van der Waals surface area contributed by atoms with Gasteiger partial charge in [0.1, 0.15) is 5.76 Å². The Bertz CT molecular complexity index is 778. The molecule has 0 aliphatic heterocycles. The van der Waals surface area contributed by atoms with E-state index in [0.29, 0.717) is 12.4 Å². The number of nitrogens with zero attached hydrogens (tertiary/aromatic N) is 1. The summed E-state index contributed by atoms with van der Waals surface area (Å²) in [5.41, 5.74) is 2.09. The minimum Gasteiger partial charge on any atom is -0.439 e. The lowest BCUT2D eigenvalue weighted by atomic mass is 10.1. The highest BCUT2D eigenvalue weighted by Crippen LogP contribution is 2.21. The highest BCUT2D eigenvalue weighted by Gasteiger charge is 2.04. The smallest absolute Gasteiger partial charge is 0.219 e. The molecule has 1 amide bonds. The van der Waals surface area contributed by atoms with Crippen LogP contribution in [0.2, 0.25) is 0 Å². The molecular weight excluding hydrogens is 288 g/mol. The summed E-state index contributed by atoms with van der Waals surface area (Å²) in [6, 6.07) is 10.1. The van der Waals surface area contributed by atoms with Crippen LogP contribution in [0.1, 0.15) is 25.3 Å². The van der Waals surface area contributed by atoms with Gasteiger partial charge < -0.3 is 10.1 Å². The summed E-state index contributed by atoms with van der Waals surface area (Å²) in [6.07, 6.45) is 9.07. The largest absolute Gasteiger partial charge is 0.439 e. The number of nitrogens with one attached hydrogen (secondary N) is 1. The second kappa shape index (κ2) is 7.09. The zero-order valence-corrected chi connectivity index (χ0v) is 13.2. The first-order chi connectivity index (χ1) is 11.2. The van der Waals surface area contributed by atoms with Gasteiger partial charge in [-0.05, 0) is 55.2 Å². The fourth-order valence-electron chi connectivity index (χ4n) is 2.54. The molecule has 1 N–H and O–H groups in total. The van der Waals surface area contributed by atoms with Gasteiger partial charge in [-0.3, -0.25) is 4.79 Å². The van der Waals surface area contributed by atoms with Crippen LogP contribution in [-0.2, 0) is 11.2 Å². The van der Waals surface area contributed by atoms with E-state index in [4.69, 9.17) is 4.74 Å². The van der Waals surface area contributed by atoms with Gasteiger partial charge in [0.15, 0.2) is 0 Å². The normalized spacial score (nSPS) is 13.7. The molecule has 1 heterocycles. The van der Waals surface area contributed by atoms with Crippen LogP contribution in [0.25, 0.3) is 10.9 Å². The summed E-state index contributed by atoms with van der Waals surface area (Å²) in [4.78, 5) is 15.5. The zero-order valence-electron chi connectivity index (χ0n) is 13.2. The number of allylic oxidation sites excluding steroid dienone is 3. The van der Waals surface area contributed by atoms with Crippen LogP contribution in [-0.4, -0.2) is 17.4 Å². The number of amides is 1. The monoisotopic (exact) mass is 308 g/mol. The van der Waals surface area contributed by atoms with Crippen molar-refractivity contribution in [3.8, 4) is 5.88 Å². The van der Waals surface area contributed by atoms with Crippen molar-refractivity contribution in [1.29, 1.82) is 0 Å². The number of aromatic nitrogens is 1. The Morgan fingerprint density at radius 2 is 2.17 bits per heavy atom. The van der Waals surface area contributed by atoms with Crippen molar-refractivity contribution in [2.75, 3.05) is 6.54 Å². The predicted molar refractivity (Wildman–Crippen MR) is 91.2 cm³/mol. The zero-order chi connectivity index (χ0) is 16.1. The molecule has 0 saturated heterocycles. The number of hydrogen-bond donors (Lipinski definition) is 1. The molecule has 1 aromatic carbocycles. The Balaban J connectivity index is 1.72. The SMILES string of the molecule is CC(=O)NCCc1ccc2nc(OC3=CCCC=C3)ccc2c1. The van der Waals surface area contributed by atoms with Crippen LogP contribution in [0.4, 0.5) is 0 Å². The lowest BCUT2D eigenvalue weighted by Gasteiger charge is -2.10. The first-order valence-corrected chi connectivity index (χ1v) is 7.89. The van der Waals surface area contributed by atoms with Crippen LogP contribution in [0.15, 0.2) is 54.3 Å². The summed E-state index contributed by atoms with van der Waals surface area (Å²) >= 11 is 0. The lowest BCUT2D eigenvalue weighted by Crippen LogP contribution is -2.22. The molecule has 0 spiro atoms. The summed E-state index contributed by atoms with van der Waals surface area (Å²) in [6.45, 7) is 2.18. The van der Waals surface area contributed by atoms with E-state index < -0.39 is 0 Å². The van der Waals surface area contributed by atoms with Gasteiger partial charge >= 0.3 is 0 Å². The molecule has 1 aliphatic carbocycles. The van der Waals surface area contributed by atoms with E-state index in [2.05, 4.69) is 28.5 Å². The average molecular weight is 308 g/mol. The van der Waals surface area contributed by atoms with Crippen molar-refractivity contribution in [3.63, 3.8) is 0 Å². The van der Waals surface area contributed by atoms with Gasteiger partial charge in [-0.1, -0.05) is 12.1 Å². The summed E-state index contributed by atoms with van der Waals surface area (Å²) in [7, 11) is 0. The average Bonchev–Trinajstić information content (AvgIpc) is 2.55. The number of carbonyl (C=O) groups is 1. The molecule has 4 nitrogen and oxygen atoms in total. The van der Waals surface area contributed by atoms with Crippen LogP contribution >= 0.6 is 0 Å². The third-order valence-corrected chi connectivity index (χ3v) is 3.70. The molecule has 0 unspecified atom stereocenters. The van der Waals surface area contributed by atoms with Gasteiger partial charge in [-0.15, -0.1) is 0 Å². The highest BCUT2D eigenvalue weighted by molar-refractivity contribution is 5.80. The molecule has 0 atom stereocenters. The Kier molecular flexibility index (Phi) is 4.71. The van der Waals surface area contributed by atoms with Crippen molar-refractivity contribution in [1.82, 2.24) is 10.3 Å². The number of carbonyl (C=O) groups excluding carboxylic acids is 1. The van der Waals surface area contributed by atoms with Gasteiger partial charge in [-0.25, -0.2) is 4.98 Å². The fourth-order valence-corrected chi connectivity index (χ4v) is 2.54. The Labute approximate surface area is 135 Å². The van der Waals surface area contributed by atoms with E-state index >= 15 is 0 Å². The van der Waals surface area contributed by atoms with E-state index in [9.17, 15) is 4.79 Å². The fraction of sp³-hybridized carbons (Fsp3) is 0.263. The lowest BCUT2D eigenvalue weighted by molar-refractivity contribution is -0.118. The van der Waals surface area contributed by atoms with Crippen molar-refractivity contribution in [2.45, 2.75) is 26.2 Å². The number of fused-ring (bicyclic) bond motifs is 1. The van der Waals surface area contributed by atoms with Crippen molar-refractivity contribution in [2.24, 2.45) is 0 Å². The van der Waals surface area contributed by atoms with E-state index in [1.807, 2.05) is 30.3 Å². The molecule has 4 heteroatoms. The Morgan fingerprint density at radius 3 is 2.96 bits per heavy atom. The number of ether oxygens (including phenoxy) is 1. The van der Waals surface area contributed by atoms with Gasteiger partial charge in [0, 0.05) is 24.9 Å². The Hall–Kier alpha value is -2.62. The standard InChI is InChI=1S/C19H20N2O2/c1-14(22)20-12-11-15-7-9-18-16(13-15)8-10-19(21-18)23-17-5-3-2-4-6-17/h3,5-10,13H,2,4,11-12H2,1H3,(H,20,22). The molecule has 23 heavy (non-hydrogen) atoms. The molecular formula is C19H20N2O2. The summed E-state index contributed by atoms with van der Waals surface area (Å²) < 4.78 is 5.80. The van der Waals surface area contributed by atoms with E-state index in [1.165, 1.54) is 12.5 Å².